The number of methoxy groups -OCH3 is 1. The molecule has 0 saturated heterocycles. The number of hydrogen-bond acceptors (Lipinski definition) is 4. The van der Waals surface area contributed by atoms with Crippen LogP contribution in [-0.4, -0.2) is 23.8 Å². The number of hydrogen-bond donors (Lipinski definition) is 2. The third-order valence-corrected chi connectivity index (χ3v) is 2.63. The third-order valence-electron chi connectivity index (χ3n) is 2.29. The first kappa shape index (κ1) is 14.1. The van der Waals surface area contributed by atoms with Gasteiger partial charge in [0.15, 0.2) is 0 Å². The van der Waals surface area contributed by atoms with Crippen LogP contribution in [-0.2, 0) is 9.59 Å². The lowest BCUT2D eigenvalue weighted by atomic mass is 10.0. The predicted molar refractivity (Wildman–Crippen MR) is 72.6 cm³/mol. The van der Waals surface area contributed by atoms with Gasteiger partial charge in [-0.1, -0.05) is 18.3 Å². The Bertz CT molecular complexity index is 474. The average Bonchev–Trinajstić information content (AvgIpc) is 2.28. The van der Waals surface area contributed by atoms with E-state index in [0.717, 1.165) is 0 Å². The molecule has 1 amide bonds. The van der Waals surface area contributed by atoms with Gasteiger partial charge in [0.2, 0.25) is 5.91 Å². The molecule has 0 aliphatic heterocycles. The second-order valence-corrected chi connectivity index (χ2v) is 4.11. The lowest BCUT2D eigenvalue weighted by molar-refractivity contribution is -0.128. The Morgan fingerprint density at radius 1 is 1.44 bits per heavy atom. The number of anilines is 1. The summed E-state index contributed by atoms with van der Waals surface area (Å²) in [6.45, 7) is 1.27. The number of primary amides is 1. The second-order valence-electron chi connectivity index (χ2n) is 3.67. The van der Waals surface area contributed by atoms with E-state index in [2.05, 4.69) is 5.32 Å². The van der Waals surface area contributed by atoms with Crippen molar-refractivity contribution in [1.29, 1.82) is 0 Å². The standard InChI is InChI=1S/C12H14N2O3S/c1-7(15)10(11(13)16)12(18)14-8-4-3-5-9(6-8)17-2/h3-6,10H,1-2H3,(H2,13,16)(H,14,18). The van der Waals surface area contributed by atoms with Crippen LogP contribution in [0.3, 0.4) is 0 Å². The number of ether oxygens (including phenoxy) is 1. The fraction of sp³-hybridized carbons (Fsp3) is 0.250. The van der Waals surface area contributed by atoms with E-state index in [0.29, 0.717) is 11.4 Å². The second kappa shape index (κ2) is 6.11. The van der Waals surface area contributed by atoms with Crippen LogP contribution in [0.2, 0.25) is 0 Å². The number of nitrogens with one attached hydrogen (secondary N) is 1. The Balaban J connectivity index is 2.85. The summed E-state index contributed by atoms with van der Waals surface area (Å²) in [5, 5.41) is 2.81. The SMILES string of the molecule is COc1cccc(NC(=S)C(C(C)=O)C(N)=O)c1. The van der Waals surface area contributed by atoms with Gasteiger partial charge in [-0.3, -0.25) is 9.59 Å². The molecule has 0 bridgehead atoms. The van der Waals surface area contributed by atoms with Crippen molar-refractivity contribution in [3.05, 3.63) is 24.3 Å². The monoisotopic (exact) mass is 266 g/mol. The highest BCUT2D eigenvalue weighted by Gasteiger charge is 2.25. The van der Waals surface area contributed by atoms with Crippen LogP contribution in [0, 0.1) is 5.92 Å². The van der Waals surface area contributed by atoms with Crippen LogP contribution in [0.5, 0.6) is 5.75 Å². The fourth-order valence-corrected chi connectivity index (χ4v) is 1.83. The smallest absolute Gasteiger partial charge is 0.234 e. The number of carbonyl (C=O) groups excluding carboxylic acids is 2. The van der Waals surface area contributed by atoms with E-state index in [4.69, 9.17) is 22.7 Å². The number of ketones is 1. The topological polar surface area (TPSA) is 81.4 Å². The highest BCUT2D eigenvalue weighted by Crippen LogP contribution is 2.18. The van der Waals surface area contributed by atoms with E-state index in [1.807, 2.05) is 0 Å². The summed E-state index contributed by atoms with van der Waals surface area (Å²) in [6.07, 6.45) is 0. The Morgan fingerprint density at radius 3 is 2.61 bits per heavy atom. The molecule has 5 nitrogen and oxygen atoms in total. The molecule has 0 aromatic heterocycles. The molecule has 1 atom stereocenters. The van der Waals surface area contributed by atoms with E-state index in [1.165, 1.54) is 6.92 Å². The van der Waals surface area contributed by atoms with Crippen molar-refractivity contribution in [2.75, 3.05) is 12.4 Å². The molecule has 1 unspecified atom stereocenters. The zero-order chi connectivity index (χ0) is 13.7. The summed E-state index contributed by atoms with van der Waals surface area (Å²) in [5.74, 6) is -1.61. The van der Waals surface area contributed by atoms with Crippen LogP contribution in [0.1, 0.15) is 6.92 Å². The average molecular weight is 266 g/mol. The molecule has 96 valence electrons. The number of Topliss-reactive ketones (excluding diaryl/α,β-unsaturated/α-hetero) is 1. The Labute approximate surface area is 110 Å². The molecule has 0 spiro atoms. The number of thiocarbonyl (C=S) groups is 1. The fourth-order valence-electron chi connectivity index (χ4n) is 1.43. The van der Waals surface area contributed by atoms with E-state index < -0.39 is 11.8 Å². The normalized spacial score (nSPS) is 11.4. The first-order valence-electron chi connectivity index (χ1n) is 5.20. The number of rotatable bonds is 5. The van der Waals surface area contributed by atoms with Gasteiger partial charge in [-0.2, -0.15) is 0 Å². The van der Waals surface area contributed by atoms with Crippen LogP contribution < -0.4 is 15.8 Å². The molecule has 1 rings (SSSR count). The van der Waals surface area contributed by atoms with Crippen LogP contribution in [0.4, 0.5) is 5.69 Å². The van der Waals surface area contributed by atoms with Crippen molar-refractivity contribution < 1.29 is 14.3 Å². The van der Waals surface area contributed by atoms with E-state index >= 15 is 0 Å². The van der Waals surface area contributed by atoms with Crippen LogP contribution in [0.15, 0.2) is 24.3 Å². The van der Waals surface area contributed by atoms with E-state index in [1.54, 1.807) is 31.4 Å². The zero-order valence-corrected chi connectivity index (χ0v) is 10.9. The highest BCUT2D eigenvalue weighted by atomic mass is 32.1. The predicted octanol–water partition coefficient (Wildman–Crippen LogP) is 1.12. The summed E-state index contributed by atoms with van der Waals surface area (Å²) < 4.78 is 5.05. The molecule has 3 N–H and O–H groups in total. The summed E-state index contributed by atoms with van der Waals surface area (Å²) in [5.41, 5.74) is 5.77. The summed E-state index contributed by atoms with van der Waals surface area (Å²) in [7, 11) is 1.54. The Morgan fingerprint density at radius 2 is 2.11 bits per heavy atom. The number of amides is 1. The van der Waals surface area contributed by atoms with Gasteiger partial charge in [-0.15, -0.1) is 0 Å². The van der Waals surface area contributed by atoms with E-state index in [-0.39, 0.29) is 10.8 Å². The van der Waals surface area contributed by atoms with Gasteiger partial charge in [-0.25, -0.2) is 0 Å². The number of benzene rings is 1. The van der Waals surface area contributed by atoms with Gasteiger partial charge in [0.1, 0.15) is 17.5 Å². The van der Waals surface area contributed by atoms with Crippen molar-refractivity contribution in [3.8, 4) is 5.75 Å². The molecule has 0 radical (unpaired) electrons. The van der Waals surface area contributed by atoms with Crippen molar-refractivity contribution >= 4 is 34.6 Å². The summed E-state index contributed by atoms with van der Waals surface area (Å²) in [6, 6.07) is 6.97. The van der Waals surface area contributed by atoms with Gasteiger partial charge >= 0.3 is 0 Å². The lowest BCUT2D eigenvalue weighted by Gasteiger charge is -2.14. The minimum absolute atomic E-state index is 0.0863. The summed E-state index contributed by atoms with van der Waals surface area (Å²) >= 11 is 5.02. The van der Waals surface area contributed by atoms with Gasteiger partial charge < -0.3 is 15.8 Å². The maximum atomic E-state index is 11.3. The number of nitrogens with two attached hydrogens (primary N) is 1. The Kier molecular flexibility index (Phi) is 4.79. The molecular weight excluding hydrogens is 252 g/mol. The first-order chi connectivity index (χ1) is 8.45. The molecule has 0 aliphatic carbocycles. The molecule has 6 heteroatoms. The quantitative estimate of drug-likeness (QED) is 0.616. The van der Waals surface area contributed by atoms with Crippen LogP contribution >= 0.6 is 12.2 Å². The molecule has 0 saturated carbocycles. The molecule has 1 aromatic rings. The molecular formula is C12H14N2O3S. The van der Waals surface area contributed by atoms with Gasteiger partial charge in [0.25, 0.3) is 0 Å². The highest BCUT2D eigenvalue weighted by molar-refractivity contribution is 7.80. The molecule has 18 heavy (non-hydrogen) atoms. The number of carbonyl (C=O) groups is 2. The Hall–Kier alpha value is -1.95. The van der Waals surface area contributed by atoms with Crippen LogP contribution in [0.25, 0.3) is 0 Å². The maximum Gasteiger partial charge on any atom is 0.234 e. The van der Waals surface area contributed by atoms with Crippen molar-refractivity contribution in [1.82, 2.24) is 0 Å². The van der Waals surface area contributed by atoms with Crippen molar-refractivity contribution in [2.45, 2.75) is 6.92 Å². The summed E-state index contributed by atoms with van der Waals surface area (Å²) in [4.78, 5) is 22.5. The minimum atomic E-state index is -1.11. The molecule has 0 aliphatic rings. The third kappa shape index (κ3) is 3.53. The van der Waals surface area contributed by atoms with Gasteiger partial charge in [-0.05, 0) is 19.1 Å². The van der Waals surface area contributed by atoms with E-state index in [9.17, 15) is 9.59 Å². The van der Waals surface area contributed by atoms with Crippen molar-refractivity contribution in [2.24, 2.45) is 11.7 Å². The largest absolute Gasteiger partial charge is 0.497 e. The minimum Gasteiger partial charge on any atom is -0.497 e. The van der Waals surface area contributed by atoms with Gasteiger partial charge in [0.05, 0.1) is 12.1 Å². The molecule has 1 aromatic carbocycles. The van der Waals surface area contributed by atoms with Crippen molar-refractivity contribution in [3.63, 3.8) is 0 Å². The first-order valence-corrected chi connectivity index (χ1v) is 5.61. The maximum absolute atomic E-state index is 11.3. The lowest BCUT2D eigenvalue weighted by Crippen LogP contribution is -2.37. The molecule has 0 fully saturated rings. The van der Waals surface area contributed by atoms with Gasteiger partial charge in [0, 0.05) is 11.8 Å². The zero-order valence-electron chi connectivity index (χ0n) is 10.1. The molecule has 0 heterocycles.